The van der Waals surface area contributed by atoms with Crippen molar-refractivity contribution in [3.05, 3.63) is 16.4 Å². The number of likely N-dealkylation sites (tertiary alicyclic amines) is 1. The highest BCUT2D eigenvalue weighted by Gasteiger charge is 2.29. The van der Waals surface area contributed by atoms with Crippen LogP contribution < -0.4 is 0 Å². The minimum absolute atomic E-state index is 0.0394. The van der Waals surface area contributed by atoms with Crippen molar-refractivity contribution in [2.24, 2.45) is 5.92 Å². The van der Waals surface area contributed by atoms with E-state index in [-0.39, 0.29) is 5.91 Å². The zero-order chi connectivity index (χ0) is 16.4. The molecule has 2 fully saturated rings. The van der Waals surface area contributed by atoms with E-state index < -0.39 is 0 Å². The van der Waals surface area contributed by atoms with Crippen LogP contribution in [0.2, 0.25) is 5.02 Å². The predicted molar refractivity (Wildman–Crippen MR) is 90.9 cm³/mol. The lowest BCUT2D eigenvalue weighted by Gasteiger charge is -2.38. The second-order valence-corrected chi connectivity index (χ2v) is 7.25. The standard InChI is InChI=1S/C16H26ClN5O/c1-12-14(17)15(19-18-12)16(23)22-5-3-4-13(11-22)10-21-8-6-20(2)7-9-21/h13H,3-11H2,1-2H3,(H,18,19). The third-order valence-corrected chi connectivity index (χ3v) is 5.46. The van der Waals surface area contributed by atoms with E-state index in [9.17, 15) is 4.79 Å². The number of amides is 1. The number of aryl methyl sites for hydroxylation is 1. The molecule has 0 saturated carbocycles. The van der Waals surface area contributed by atoms with E-state index in [2.05, 4.69) is 27.0 Å². The lowest BCUT2D eigenvalue weighted by Crippen LogP contribution is -2.49. The number of nitrogens with zero attached hydrogens (tertiary/aromatic N) is 4. The number of hydrogen-bond donors (Lipinski definition) is 1. The van der Waals surface area contributed by atoms with Gasteiger partial charge >= 0.3 is 0 Å². The number of piperidine rings is 1. The van der Waals surface area contributed by atoms with Crippen LogP contribution in [0.15, 0.2) is 0 Å². The number of rotatable bonds is 3. The Bertz CT molecular complexity index is 553. The number of halogens is 1. The number of piperazine rings is 1. The highest BCUT2D eigenvalue weighted by molar-refractivity contribution is 6.34. The topological polar surface area (TPSA) is 55.5 Å². The Morgan fingerprint density at radius 2 is 2.04 bits per heavy atom. The third-order valence-electron chi connectivity index (χ3n) is 4.99. The average molecular weight is 340 g/mol. The van der Waals surface area contributed by atoms with Crippen molar-refractivity contribution < 1.29 is 4.79 Å². The Morgan fingerprint density at radius 3 is 2.70 bits per heavy atom. The van der Waals surface area contributed by atoms with Crippen LogP contribution in [-0.2, 0) is 0 Å². The molecular weight excluding hydrogens is 314 g/mol. The zero-order valence-corrected chi connectivity index (χ0v) is 14.8. The van der Waals surface area contributed by atoms with Gasteiger partial charge in [-0.25, -0.2) is 0 Å². The van der Waals surface area contributed by atoms with Crippen molar-refractivity contribution in [1.82, 2.24) is 24.9 Å². The maximum atomic E-state index is 12.7. The highest BCUT2D eigenvalue weighted by Crippen LogP contribution is 2.23. The average Bonchev–Trinajstić information content (AvgIpc) is 2.89. The van der Waals surface area contributed by atoms with Crippen LogP contribution in [0.4, 0.5) is 0 Å². The molecule has 3 rings (SSSR count). The van der Waals surface area contributed by atoms with Gasteiger partial charge in [0.1, 0.15) is 0 Å². The highest BCUT2D eigenvalue weighted by atomic mass is 35.5. The van der Waals surface area contributed by atoms with Gasteiger partial charge in [-0.15, -0.1) is 0 Å². The van der Waals surface area contributed by atoms with Crippen molar-refractivity contribution in [3.8, 4) is 0 Å². The minimum Gasteiger partial charge on any atom is -0.337 e. The number of carbonyl (C=O) groups is 1. The molecule has 23 heavy (non-hydrogen) atoms. The largest absolute Gasteiger partial charge is 0.337 e. The van der Waals surface area contributed by atoms with Crippen LogP contribution >= 0.6 is 11.6 Å². The van der Waals surface area contributed by atoms with Gasteiger partial charge in [-0.2, -0.15) is 5.10 Å². The first-order valence-electron chi connectivity index (χ1n) is 8.45. The first-order chi connectivity index (χ1) is 11.0. The first-order valence-corrected chi connectivity index (χ1v) is 8.83. The molecule has 1 aromatic heterocycles. The van der Waals surface area contributed by atoms with Gasteiger partial charge in [0, 0.05) is 45.8 Å². The molecule has 2 saturated heterocycles. The molecule has 0 spiro atoms. The van der Waals surface area contributed by atoms with Gasteiger partial charge in [0.15, 0.2) is 5.69 Å². The molecule has 6 nitrogen and oxygen atoms in total. The Morgan fingerprint density at radius 1 is 1.30 bits per heavy atom. The number of aromatic nitrogens is 2. The molecule has 128 valence electrons. The molecule has 0 radical (unpaired) electrons. The minimum atomic E-state index is -0.0394. The van der Waals surface area contributed by atoms with Crippen molar-refractivity contribution in [3.63, 3.8) is 0 Å². The van der Waals surface area contributed by atoms with Crippen LogP contribution in [0.25, 0.3) is 0 Å². The number of hydrogen-bond acceptors (Lipinski definition) is 4. The van der Waals surface area contributed by atoms with Gasteiger partial charge in [0.05, 0.1) is 10.7 Å². The smallest absolute Gasteiger partial charge is 0.275 e. The van der Waals surface area contributed by atoms with Gasteiger partial charge in [-0.05, 0) is 32.7 Å². The summed E-state index contributed by atoms with van der Waals surface area (Å²) >= 11 is 6.17. The summed E-state index contributed by atoms with van der Waals surface area (Å²) in [5.41, 5.74) is 1.12. The van der Waals surface area contributed by atoms with Gasteiger partial charge in [0.25, 0.3) is 5.91 Å². The second-order valence-electron chi connectivity index (χ2n) is 6.87. The van der Waals surface area contributed by atoms with Crippen LogP contribution in [-0.4, -0.2) is 83.7 Å². The molecule has 1 amide bonds. The van der Waals surface area contributed by atoms with E-state index in [4.69, 9.17) is 11.6 Å². The number of carbonyl (C=O) groups excluding carboxylic acids is 1. The molecule has 3 heterocycles. The molecule has 2 aliphatic rings. The normalized spacial score (nSPS) is 24.1. The SMILES string of the molecule is Cc1[nH]nc(C(=O)N2CCCC(CN3CCN(C)CC3)C2)c1Cl. The first kappa shape index (κ1) is 16.7. The van der Waals surface area contributed by atoms with Crippen LogP contribution in [0.1, 0.15) is 29.0 Å². The number of nitrogens with one attached hydrogen (secondary N) is 1. The van der Waals surface area contributed by atoms with E-state index in [1.807, 2.05) is 11.8 Å². The van der Waals surface area contributed by atoms with E-state index in [1.54, 1.807) is 0 Å². The van der Waals surface area contributed by atoms with Crippen molar-refractivity contribution >= 4 is 17.5 Å². The molecule has 2 aliphatic heterocycles. The summed E-state index contributed by atoms with van der Waals surface area (Å²) in [6.07, 6.45) is 2.26. The van der Waals surface area contributed by atoms with E-state index in [1.165, 1.54) is 6.42 Å². The summed E-state index contributed by atoms with van der Waals surface area (Å²) in [6, 6.07) is 0. The van der Waals surface area contributed by atoms with Gasteiger partial charge < -0.3 is 14.7 Å². The Hall–Kier alpha value is -1.11. The summed E-state index contributed by atoms with van der Waals surface area (Å²) in [7, 11) is 2.17. The monoisotopic (exact) mass is 339 g/mol. The van der Waals surface area contributed by atoms with Gasteiger partial charge in [-0.3, -0.25) is 9.89 Å². The molecule has 1 atom stereocenters. The van der Waals surface area contributed by atoms with Crippen molar-refractivity contribution in [2.45, 2.75) is 19.8 Å². The van der Waals surface area contributed by atoms with Gasteiger partial charge in [0.2, 0.25) is 0 Å². The van der Waals surface area contributed by atoms with Crippen LogP contribution in [0, 0.1) is 12.8 Å². The molecule has 1 unspecified atom stereocenters. The maximum absolute atomic E-state index is 12.7. The molecule has 7 heteroatoms. The summed E-state index contributed by atoms with van der Waals surface area (Å²) in [5.74, 6) is 0.511. The van der Waals surface area contributed by atoms with E-state index in [0.717, 1.165) is 57.9 Å². The van der Waals surface area contributed by atoms with Gasteiger partial charge in [-0.1, -0.05) is 11.6 Å². The number of likely N-dealkylation sites (N-methyl/N-ethyl adjacent to an activating group) is 1. The maximum Gasteiger partial charge on any atom is 0.275 e. The van der Waals surface area contributed by atoms with Crippen LogP contribution in [0.5, 0.6) is 0 Å². The second kappa shape index (κ2) is 7.20. The van der Waals surface area contributed by atoms with E-state index >= 15 is 0 Å². The Kier molecular flexibility index (Phi) is 5.24. The third kappa shape index (κ3) is 3.87. The number of H-pyrrole nitrogens is 1. The lowest BCUT2D eigenvalue weighted by atomic mass is 9.96. The zero-order valence-electron chi connectivity index (χ0n) is 14.0. The molecular formula is C16H26ClN5O. The molecule has 1 N–H and O–H groups in total. The molecule has 1 aromatic rings. The predicted octanol–water partition coefficient (Wildman–Crippen LogP) is 1.47. The van der Waals surface area contributed by atoms with E-state index in [0.29, 0.717) is 16.6 Å². The Labute approximate surface area is 142 Å². The lowest BCUT2D eigenvalue weighted by molar-refractivity contribution is 0.0604. The summed E-state index contributed by atoms with van der Waals surface area (Å²) in [5, 5.41) is 7.33. The molecule has 0 aliphatic carbocycles. The fourth-order valence-corrected chi connectivity index (χ4v) is 3.67. The fourth-order valence-electron chi connectivity index (χ4n) is 3.50. The van der Waals surface area contributed by atoms with Crippen molar-refractivity contribution in [1.29, 1.82) is 0 Å². The molecule has 0 aromatic carbocycles. The quantitative estimate of drug-likeness (QED) is 0.906. The fraction of sp³-hybridized carbons (Fsp3) is 0.750. The molecule has 0 bridgehead atoms. The summed E-state index contributed by atoms with van der Waals surface area (Å²) in [6.45, 7) is 9.07. The Balaban J connectivity index is 1.57. The summed E-state index contributed by atoms with van der Waals surface area (Å²) < 4.78 is 0. The number of aromatic amines is 1. The summed E-state index contributed by atoms with van der Waals surface area (Å²) in [4.78, 5) is 19.5. The van der Waals surface area contributed by atoms with Crippen LogP contribution in [0.3, 0.4) is 0 Å². The van der Waals surface area contributed by atoms with Crippen molar-refractivity contribution in [2.75, 3.05) is 52.9 Å².